The number of phosphoric acid groups is 3. The van der Waals surface area contributed by atoms with Gasteiger partial charge in [0.15, 0.2) is 6.23 Å². The quantitative estimate of drug-likeness (QED) is 0.181. The van der Waals surface area contributed by atoms with E-state index >= 15 is 0 Å². The smallest absolute Gasteiger partial charge is 0.383 e. The highest BCUT2D eigenvalue weighted by molar-refractivity contribution is 7.66. The van der Waals surface area contributed by atoms with Crippen molar-refractivity contribution in [3.63, 3.8) is 0 Å². The van der Waals surface area contributed by atoms with Gasteiger partial charge in [0.1, 0.15) is 28.5 Å². The zero-order valence-corrected chi connectivity index (χ0v) is 19.0. The van der Waals surface area contributed by atoms with E-state index in [1.54, 1.807) is 0 Å². The van der Waals surface area contributed by atoms with E-state index in [0.717, 1.165) is 4.57 Å². The van der Waals surface area contributed by atoms with Crippen molar-refractivity contribution in [3.05, 3.63) is 22.7 Å². The number of alkyl halides is 1. The van der Waals surface area contributed by atoms with Gasteiger partial charge in [0.05, 0.1) is 0 Å². The Labute approximate surface area is 183 Å². The van der Waals surface area contributed by atoms with Crippen molar-refractivity contribution in [2.45, 2.75) is 41.8 Å². The first-order valence-electron chi connectivity index (χ1n) is 8.73. The molecule has 3 unspecified atom stereocenters. The zero-order chi connectivity index (χ0) is 23.9. The summed E-state index contributed by atoms with van der Waals surface area (Å²) in [4.78, 5) is 52.0. The molecule has 2 aliphatic carbocycles. The molecule has 3 fully saturated rings. The molecule has 0 bridgehead atoms. The Hall–Kier alpha value is -0.700. The minimum absolute atomic E-state index is 0.0679. The standard InChI is InChI=1S/C12H17ClN3O13P3/c13-7-8(16-4-3-6(14)15-10(16)17)26-12(5-1-2-5)9(11(7,12)18)27-31(22,23)29-32(24,25)28-30(19,20)21/h3-5,7-9,18H,1-2H2,(H,22,23)(H,24,25)(H2,14,15,17)(H2,19,20,21)/t7-,8+,9?,11+,12+/m0/s1. The second-order valence-electron chi connectivity index (χ2n) is 7.42. The van der Waals surface area contributed by atoms with E-state index in [9.17, 15) is 33.4 Å². The van der Waals surface area contributed by atoms with Gasteiger partial charge in [-0.05, 0) is 24.8 Å². The molecule has 20 heteroatoms. The van der Waals surface area contributed by atoms with Crippen LogP contribution >= 0.6 is 35.1 Å². The van der Waals surface area contributed by atoms with Gasteiger partial charge in [0, 0.05) is 6.20 Å². The van der Waals surface area contributed by atoms with Crippen molar-refractivity contribution in [3.8, 4) is 0 Å². The van der Waals surface area contributed by atoms with E-state index in [1.807, 2.05) is 0 Å². The SMILES string of the molecule is Nc1ccn([C@@H]2O[C@]3(C4CC4)C(OP(=O)(O)OP(=O)(O)OP(=O)(O)O)[C@]3(O)[C@H]2Cl)c(=O)n1. The van der Waals surface area contributed by atoms with Gasteiger partial charge in [-0.25, -0.2) is 18.5 Å². The molecule has 32 heavy (non-hydrogen) atoms. The molecule has 0 spiro atoms. The molecular weight excluding hydrogens is 523 g/mol. The summed E-state index contributed by atoms with van der Waals surface area (Å²) in [5.74, 6) is -0.477. The Balaban J connectivity index is 1.58. The summed E-state index contributed by atoms with van der Waals surface area (Å²) >= 11 is 6.35. The number of fused-ring (bicyclic) bond motifs is 1. The van der Waals surface area contributed by atoms with Crippen LogP contribution in [-0.2, 0) is 31.6 Å². The molecule has 0 aromatic carbocycles. The molecule has 0 radical (unpaired) electrons. The van der Waals surface area contributed by atoms with E-state index in [-0.39, 0.29) is 5.82 Å². The van der Waals surface area contributed by atoms with Crippen molar-refractivity contribution in [1.82, 2.24) is 9.55 Å². The van der Waals surface area contributed by atoms with E-state index in [0.29, 0.717) is 12.8 Å². The highest BCUT2D eigenvalue weighted by Crippen LogP contribution is 2.76. The molecule has 3 aliphatic rings. The maximum absolute atomic E-state index is 12.2. The lowest BCUT2D eigenvalue weighted by Crippen LogP contribution is -2.38. The molecule has 0 amide bonds. The highest BCUT2D eigenvalue weighted by Gasteiger charge is 2.92. The largest absolute Gasteiger partial charge is 0.490 e. The lowest BCUT2D eigenvalue weighted by atomic mass is 10.1. The van der Waals surface area contributed by atoms with Crippen molar-refractivity contribution in [2.24, 2.45) is 5.92 Å². The van der Waals surface area contributed by atoms with Crippen molar-refractivity contribution < 1.29 is 56.3 Å². The molecule has 1 aromatic rings. The van der Waals surface area contributed by atoms with E-state index < -0.39 is 64.0 Å². The zero-order valence-electron chi connectivity index (χ0n) is 15.6. The third-order valence-corrected chi connectivity index (χ3v) is 9.64. The number of ether oxygens (including phenoxy) is 1. The number of aliphatic hydroxyl groups is 1. The highest BCUT2D eigenvalue weighted by atomic mass is 35.5. The Morgan fingerprint density at radius 3 is 2.34 bits per heavy atom. The first kappa shape index (κ1) is 24.4. The Bertz CT molecular complexity index is 1150. The summed E-state index contributed by atoms with van der Waals surface area (Å²) in [7, 11) is -16.9. The number of aromatic nitrogens is 2. The van der Waals surface area contributed by atoms with Crippen LogP contribution in [0.4, 0.5) is 5.82 Å². The maximum Gasteiger partial charge on any atom is 0.490 e. The maximum atomic E-state index is 12.2. The monoisotopic (exact) mass is 539 g/mol. The summed E-state index contributed by atoms with van der Waals surface area (Å²) in [6.45, 7) is 0. The summed E-state index contributed by atoms with van der Waals surface area (Å²) in [5, 5.41) is 9.75. The average Bonchev–Trinajstić information content (AvgIpc) is 3.47. The van der Waals surface area contributed by atoms with E-state index in [4.69, 9.17) is 36.4 Å². The predicted molar refractivity (Wildman–Crippen MR) is 102 cm³/mol. The van der Waals surface area contributed by atoms with Gasteiger partial charge >= 0.3 is 29.2 Å². The summed E-state index contributed by atoms with van der Waals surface area (Å²) in [6, 6.07) is 1.29. The van der Waals surface area contributed by atoms with Gasteiger partial charge in [0.25, 0.3) is 0 Å². The van der Waals surface area contributed by atoms with Crippen LogP contribution in [0.15, 0.2) is 17.1 Å². The van der Waals surface area contributed by atoms with Gasteiger partial charge < -0.3 is 35.2 Å². The Kier molecular flexibility index (Phi) is 5.65. The van der Waals surface area contributed by atoms with Gasteiger partial charge in [-0.3, -0.25) is 9.09 Å². The van der Waals surface area contributed by atoms with Crippen LogP contribution in [0.25, 0.3) is 0 Å². The van der Waals surface area contributed by atoms with Gasteiger partial charge in [0.2, 0.25) is 0 Å². The first-order chi connectivity index (χ1) is 14.5. The summed E-state index contributed by atoms with van der Waals surface area (Å²) in [6.07, 6.45) is -0.669. The molecule has 1 aliphatic heterocycles. The molecule has 1 aromatic heterocycles. The lowest BCUT2D eigenvalue weighted by Gasteiger charge is -2.25. The molecule has 2 saturated carbocycles. The van der Waals surface area contributed by atoms with Crippen LogP contribution in [0.5, 0.6) is 0 Å². The number of halogens is 1. The molecule has 4 rings (SSSR count). The van der Waals surface area contributed by atoms with Crippen LogP contribution < -0.4 is 11.4 Å². The molecule has 16 nitrogen and oxygen atoms in total. The van der Waals surface area contributed by atoms with E-state index in [1.165, 1.54) is 12.3 Å². The molecule has 1 saturated heterocycles. The van der Waals surface area contributed by atoms with Gasteiger partial charge in [-0.1, -0.05) is 0 Å². The average molecular weight is 540 g/mol. The fraction of sp³-hybridized carbons (Fsp3) is 0.667. The van der Waals surface area contributed by atoms with Crippen LogP contribution in [0.3, 0.4) is 0 Å². The molecule has 7 atom stereocenters. The number of anilines is 1. The molecular formula is C12H17ClN3O13P3. The van der Waals surface area contributed by atoms with Crippen LogP contribution in [0, 0.1) is 5.92 Å². The third kappa shape index (κ3) is 4.03. The Morgan fingerprint density at radius 2 is 1.81 bits per heavy atom. The van der Waals surface area contributed by atoms with E-state index in [2.05, 4.69) is 13.6 Å². The lowest BCUT2D eigenvalue weighted by molar-refractivity contribution is -0.0759. The molecule has 180 valence electrons. The summed E-state index contributed by atoms with van der Waals surface area (Å²) < 4.78 is 53.5. The number of hydrogen-bond donors (Lipinski definition) is 6. The number of nitrogens with zero attached hydrogens (tertiary/aromatic N) is 2. The number of hydrogen-bond acceptors (Lipinski definition) is 11. The normalized spacial score (nSPS) is 38.0. The minimum atomic E-state index is -5.75. The van der Waals surface area contributed by atoms with Gasteiger partial charge in [-0.2, -0.15) is 13.6 Å². The van der Waals surface area contributed by atoms with Crippen LogP contribution in [0.2, 0.25) is 0 Å². The first-order valence-corrected chi connectivity index (χ1v) is 13.7. The second kappa shape index (κ2) is 7.40. The third-order valence-electron chi connectivity index (χ3n) is 5.28. The number of phosphoric ester groups is 1. The number of nitrogens with two attached hydrogens (primary N) is 1. The van der Waals surface area contributed by atoms with Crippen molar-refractivity contribution in [1.29, 1.82) is 0 Å². The Morgan fingerprint density at radius 1 is 1.19 bits per heavy atom. The van der Waals surface area contributed by atoms with Crippen LogP contribution in [-0.4, -0.2) is 56.9 Å². The van der Waals surface area contributed by atoms with Crippen molar-refractivity contribution in [2.75, 3.05) is 5.73 Å². The summed E-state index contributed by atoms with van der Waals surface area (Å²) in [5.41, 5.74) is 0.809. The predicted octanol–water partition coefficient (Wildman–Crippen LogP) is -0.433. The minimum Gasteiger partial charge on any atom is -0.383 e. The molecule has 7 N–H and O–H groups in total. The fourth-order valence-corrected chi connectivity index (χ4v) is 7.70. The number of rotatable bonds is 8. The fourth-order valence-electron chi connectivity index (χ4n) is 3.99. The van der Waals surface area contributed by atoms with Crippen LogP contribution in [0.1, 0.15) is 19.1 Å². The van der Waals surface area contributed by atoms with Crippen molar-refractivity contribution >= 4 is 40.9 Å². The second-order valence-corrected chi connectivity index (χ2v) is 12.3. The molecule has 2 heterocycles. The topological polar surface area (TPSA) is 250 Å². The number of nitrogen functional groups attached to an aromatic ring is 1. The van der Waals surface area contributed by atoms with Gasteiger partial charge in [-0.15, -0.1) is 11.6 Å².